The largest absolute Gasteiger partial charge is 0.496 e. The Hall–Kier alpha value is -5.32. The summed E-state index contributed by atoms with van der Waals surface area (Å²) in [6.45, 7) is 8.09. The van der Waals surface area contributed by atoms with Crippen molar-refractivity contribution in [2.45, 2.75) is 39.9 Å². The SMILES string of the molecule is COc1cccc(OC(C)C)c1-c1sc2c(sc3c(-c4ccc(C#N)cc4)c(-c4c(OC)cccc4OC(C)C)sc32)c1-c1ccc(C#N)cc1. The van der Waals surface area contributed by atoms with Gasteiger partial charge in [-0.05, 0) is 87.4 Å². The Morgan fingerprint density at radius 3 is 1.18 bits per heavy atom. The summed E-state index contributed by atoms with van der Waals surface area (Å²) in [4.78, 5) is 2.07. The second kappa shape index (κ2) is 14.1. The van der Waals surface area contributed by atoms with E-state index < -0.39 is 0 Å². The van der Waals surface area contributed by atoms with Gasteiger partial charge in [0, 0.05) is 11.1 Å². The summed E-state index contributed by atoms with van der Waals surface area (Å²) in [6, 6.07) is 31.9. The molecule has 7 rings (SSSR count). The van der Waals surface area contributed by atoms with E-state index in [1.54, 1.807) is 48.2 Å². The average Bonchev–Trinajstić information content (AvgIpc) is 3.79. The summed E-state index contributed by atoms with van der Waals surface area (Å²) in [5, 5.41) is 19.2. The molecule has 0 N–H and O–H groups in total. The highest BCUT2D eigenvalue weighted by molar-refractivity contribution is 7.41. The lowest BCUT2D eigenvalue weighted by molar-refractivity contribution is 0.242. The molecule has 254 valence electrons. The van der Waals surface area contributed by atoms with E-state index in [0.29, 0.717) is 11.1 Å². The molecule has 9 heteroatoms. The van der Waals surface area contributed by atoms with E-state index in [0.717, 1.165) is 84.9 Å². The summed E-state index contributed by atoms with van der Waals surface area (Å²) in [5.41, 5.74) is 7.14. The van der Waals surface area contributed by atoms with E-state index in [2.05, 4.69) is 12.1 Å². The summed E-state index contributed by atoms with van der Waals surface area (Å²) < 4.78 is 29.3. The summed E-state index contributed by atoms with van der Waals surface area (Å²) in [7, 11) is 3.37. The molecule has 0 unspecified atom stereocenters. The van der Waals surface area contributed by atoms with Gasteiger partial charge in [-0.25, -0.2) is 0 Å². The number of nitrogens with zero attached hydrogens (tertiary/aromatic N) is 2. The zero-order valence-electron chi connectivity index (χ0n) is 29.0. The maximum atomic E-state index is 9.60. The predicted octanol–water partition coefficient (Wildman–Crippen LogP) is 12.2. The van der Waals surface area contributed by atoms with Crippen molar-refractivity contribution in [3.05, 3.63) is 96.1 Å². The smallest absolute Gasteiger partial charge is 0.132 e. The van der Waals surface area contributed by atoms with Gasteiger partial charge in [0.05, 0.1) is 89.4 Å². The molecule has 6 nitrogen and oxygen atoms in total. The third-order valence-electron chi connectivity index (χ3n) is 8.34. The van der Waals surface area contributed by atoms with Crippen LogP contribution in [0.15, 0.2) is 84.9 Å². The molecule has 0 bridgehead atoms. The van der Waals surface area contributed by atoms with Crippen LogP contribution < -0.4 is 18.9 Å². The van der Waals surface area contributed by atoms with E-state index in [4.69, 9.17) is 18.9 Å². The summed E-state index contributed by atoms with van der Waals surface area (Å²) >= 11 is 5.19. The number of nitriles is 2. The van der Waals surface area contributed by atoms with Gasteiger partial charge in [0.1, 0.15) is 23.0 Å². The fourth-order valence-electron chi connectivity index (χ4n) is 6.24. The van der Waals surface area contributed by atoms with Gasteiger partial charge >= 0.3 is 0 Å². The number of methoxy groups -OCH3 is 2. The summed E-state index contributed by atoms with van der Waals surface area (Å²) in [5.74, 6) is 2.95. The standard InChI is InChI=1S/C42H34N2O4S3/c1-23(2)47-31-11-7-9-29(45-5)35(31)37-33(27-17-13-25(21-43)14-18-27)39-41(49-37)42-40(51-39)34(28-19-15-26(22-44)16-20-28)38(50-42)36-30(46-6)10-8-12-32(36)48-24(3)4/h7-20,23-24H,1-6H3. The molecule has 0 aliphatic carbocycles. The molecule has 7 aromatic rings. The third kappa shape index (κ3) is 6.19. The number of hydrogen-bond acceptors (Lipinski definition) is 9. The molecule has 0 fully saturated rings. The normalized spacial score (nSPS) is 11.3. The van der Waals surface area contributed by atoms with E-state index in [1.165, 1.54) is 0 Å². The molecule has 51 heavy (non-hydrogen) atoms. The maximum Gasteiger partial charge on any atom is 0.132 e. The Bertz CT molecular complexity index is 2300. The number of benzene rings is 4. The van der Waals surface area contributed by atoms with Crippen molar-refractivity contribution >= 4 is 52.8 Å². The first-order chi connectivity index (χ1) is 24.8. The quantitative estimate of drug-likeness (QED) is 0.139. The van der Waals surface area contributed by atoms with Gasteiger partial charge < -0.3 is 18.9 Å². The second-order valence-corrected chi connectivity index (χ2v) is 15.5. The molecule has 3 aromatic heterocycles. The lowest BCUT2D eigenvalue weighted by Crippen LogP contribution is -2.07. The number of hydrogen-bond donors (Lipinski definition) is 0. The highest BCUT2D eigenvalue weighted by Crippen LogP contribution is 2.60. The second-order valence-electron chi connectivity index (χ2n) is 12.4. The van der Waals surface area contributed by atoms with Crippen LogP contribution in [0.2, 0.25) is 0 Å². The Kier molecular flexibility index (Phi) is 9.46. The minimum Gasteiger partial charge on any atom is -0.496 e. The molecule has 4 aromatic carbocycles. The van der Waals surface area contributed by atoms with Gasteiger partial charge in [0.15, 0.2) is 0 Å². The van der Waals surface area contributed by atoms with Gasteiger partial charge in [-0.3, -0.25) is 0 Å². The first-order valence-corrected chi connectivity index (χ1v) is 18.9. The zero-order valence-corrected chi connectivity index (χ0v) is 31.4. The van der Waals surface area contributed by atoms with Crippen LogP contribution >= 0.6 is 34.0 Å². The van der Waals surface area contributed by atoms with Gasteiger partial charge in [-0.15, -0.1) is 34.0 Å². The molecular weight excluding hydrogens is 693 g/mol. The maximum absolute atomic E-state index is 9.60. The highest BCUT2D eigenvalue weighted by Gasteiger charge is 2.30. The average molecular weight is 727 g/mol. The molecule has 0 radical (unpaired) electrons. The fourth-order valence-corrected chi connectivity index (χ4v) is 10.9. The molecule has 0 spiro atoms. The van der Waals surface area contributed by atoms with Crippen molar-refractivity contribution in [1.82, 2.24) is 0 Å². The monoisotopic (exact) mass is 726 g/mol. The molecule has 0 amide bonds. The summed E-state index contributed by atoms with van der Waals surface area (Å²) in [6.07, 6.45) is -0.0834. The van der Waals surface area contributed by atoms with Crippen LogP contribution in [0.1, 0.15) is 38.8 Å². The Balaban J connectivity index is 1.60. The minimum absolute atomic E-state index is 0.0417. The highest BCUT2D eigenvalue weighted by atomic mass is 32.1. The van der Waals surface area contributed by atoms with Gasteiger partial charge in [0.2, 0.25) is 0 Å². The van der Waals surface area contributed by atoms with Crippen LogP contribution in [0, 0.1) is 22.7 Å². The van der Waals surface area contributed by atoms with Crippen LogP contribution in [-0.4, -0.2) is 26.4 Å². The van der Waals surface area contributed by atoms with Crippen LogP contribution in [0.3, 0.4) is 0 Å². The van der Waals surface area contributed by atoms with E-state index in [1.807, 2.05) is 113 Å². The first-order valence-electron chi connectivity index (χ1n) is 16.5. The van der Waals surface area contributed by atoms with Gasteiger partial charge in [-0.1, -0.05) is 36.4 Å². The molecule has 0 saturated carbocycles. The van der Waals surface area contributed by atoms with Gasteiger partial charge in [-0.2, -0.15) is 10.5 Å². The van der Waals surface area contributed by atoms with Crippen molar-refractivity contribution in [2.75, 3.05) is 14.2 Å². The molecular formula is C42H34N2O4S3. The lowest BCUT2D eigenvalue weighted by atomic mass is 9.99. The Labute approximate surface area is 309 Å². The molecule has 0 aliphatic rings. The number of fused-ring (bicyclic) bond motifs is 3. The van der Waals surface area contributed by atoms with E-state index in [-0.39, 0.29) is 12.2 Å². The van der Waals surface area contributed by atoms with E-state index in [9.17, 15) is 10.5 Å². The van der Waals surface area contributed by atoms with Crippen molar-refractivity contribution in [1.29, 1.82) is 10.5 Å². The Morgan fingerprint density at radius 2 is 0.843 bits per heavy atom. The zero-order chi connectivity index (χ0) is 35.8. The first kappa shape index (κ1) is 34.1. The van der Waals surface area contributed by atoms with Crippen molar-refractivity contribution in [2.24, 2.45) is 0 Å². The Morgan fingerprint density at radius 1 is 0.471 bits per heavy atom. The lowest BCUT2D eigenvalue weighted by Gasteiger charge is -2.17. The van der Waals surface area contributed by atoms with Gasteiger partial charge in [0.25, 0.3) is 0 Å². The van der Waals surface area contributed by atoms with E-state index >= 15 is 0 Å². The third-order valence-corrected chi connectivity index (χ3v) is 12.4. The minimum atomic E-state index is -0.0417. The number of rotatable bonds is 10. The van der Waals surface area contributed by atoms with Crippen molar-refractivity contribution in [3.63, 3.8) is 0 Å². The number of thiophene rings is 3. The topological polar surface area (TPSA) is 84.5 Å². The van der Waals surface area contributed by atoms with Crippen molar-refractivity contribution < 1.29 is 18.9 Å². The number of ether oxygens (including phenoxy) is 4. The van der Waals surface area contributed by atoms with Crippen molar-refractivity contribution in [3.8, 4) is 78.3 Å². The van der Waals surface area contributed by atoms with Crippen LogP contribution in [0.25, 0.3) is 61.9 Å². The molecule has 0 atom stereocenters. The van der Waals surface area contributed by atoms with Crippen LogP contribution in [0.4, 0.5) is 0 Å². The predicted molar refractivity (Wildman–Crippen MR) is 211 cm³/mol. The van der Waals surface area contributed by atoms with Crippen LogP contribution in [0.5, 0.6) is 23.0 Å². The molecule has 0 saturated heterocycles. The van der Waals surface area contributed by atoms with Crippen LogP contribution in [-0.2, 0) is 0 Å². The molecule has 0 aliphatic heterocycles. The molecule has 3 heterocycles. The fraction of sp³-hybridized carbons (Fsp3) is 0.190.